The van der Waals surface area contributed by atoms with Gasteiger partial charge in [0, 0.05) is 17.8 Å². The molecule has 2 amide bonds. The molecule has 0 aliphatic heterocycles. The molecule has 6 nitrogen and oxygen atoms in total. The van der Waals surface area contributed by atoms with Gasteiger partial charge in [-0.25, -0.2) is 0 Å². The predicted octanol–water partition coefficient (Wildman–Crippen LogP) is 3.49. The molecule has 27 heavy (non-hydrogen) atoms. The Balaban J connectivity index is 1.80. The second-order valence-corrected chi connectivity index (χ2v) is 6.18. The van der Waals surface area contributed by atoms with Crippen LogP contribution in [0.5, 0.6) is 5.75 Å². The maximum atomic E-state index is 12.0. The highest BCUT2D eigenvalue weighted by Gasteiger charge is 2.05. The fraction of sp³-hybridized carbons (Fsp3) is 0.250. The number of benzene rings is 2. The molecule has 0 saturated carbocycles. The van der Waals surface area contributed by atoms with Gasteiger partial charge in [0.25, 0.3) is 5.91 Å². The molecule has 2 rings (SSSR count). The van der Waals surface area contributed by atoms with Crippen LogP contribution in [0.1, 0.15) is 25.8 Å². The summed E-state index contributed by atoms with van der Waals surface area (Å²) in [6.45, 7) is 3.76. The Hall–Kier alpha value is -2.93. The summed E-state index contributed by atoms with van der Waals surface area (Å²) < 4.78 is 5.48. The number of rotatable bonds is 7. The lowest BCUT2D eigenvalue weighted by Gasteiger charge is -2.10. The number of carbonyl (C=O) groups is 2. The highest BCUT2D eigenvalue weighted by Crippen LogP contribution is 2.15. The molecule has 0 bridgehead atoms. The zero-order valence-corrected chi connectivity index (χ0v) is 16.2. The molecular formula is C20H23N3O3S. The Kier molecular flexibility index (Phi) is 7.76. The van der Waals surface area contributed by atoms with E-state index in [9.17, 15) is 9.59 Å². The Labute approximate surface area is 164 Å². The summed E-state index contributed by atoms with van der Waals surface area (Å²) in [6.07, 6.45) is 1.32. The number of carbonyl (C=O) groups excluding carboxylic acids is 2. The van der Waals surface area contributed by atoms with Crippen molar-refractivity contribution in [1.29, 1.82) is 0 Å². The molecule has 0 aromatic heterocycles. The fourth-order valence-corrected chi connectivity index (χ4v) is 2.41. The first-order valence-electron chi connectivity index (χ1n) is 8.72. The van der Waals surface area contributed by atoms with Crippen LogP contribution in [0.3, 0.4) is 0 Å². The van der Waals surface area contributed by atoms with E-state index in [1.54, 1.807) is 31.2 Å². The van der Waals surface area contributed by atoms with E-state index in [1.165, 1.54) is 5.56 Å². The third kappa shape index (κ3) is 7.07. The molecule has 2 aromatic carbocycles. The zero-order valence-electron chi connectivity index (χ0n) is 15.4. The number of aryl methyl sites for hydroxylation is 1. The lowest BCUT2D eigenvalue weighted by Crippen LogP contribution is -2.33. The van der Waals surface area contributed by atoms with Crippen LogP contribution in [0, 0.1) is 0 Å². The van der Waals surface area contributed by atoms with E-state index in [-0.39, 0.29) is 23.5 Å². The third-order valence-corrected chi connectivity index (χ3v) is 3.91. The number of hydrogen-bond acceptors (Lipinski definition) is 4. The van der Waals surface area contributed by atoms with Crippen molar-refractivity contribution >= 4 is 40.5 Å². The molecule has 0 spiro atoms. The van der Waals surface area contributed by atoms with E-state index >= 15 is 0 Å². The van der Waals surface area contributed by atoms with Crippen LogP contribution in [0.2, 0.25) is 0 Å². The van der Waals surface area contributed by atoms with Crippen LogP contribution >= 0.6 is 12.2 Å². The Morgan fingerprint density at radius 1 is 0.889 bits per heavy atom. The van der Waals surface area contributed by atoms with Crippen LogP contribution in [0.4, 0.5) is 11.4 Å². The normalized spacial score (nSPS) is 10.0. The smallest absolute Gasteiger partial charge is 0.262 e. The van der Waals surface area contributed by atoms with Gasteiger partial charge in [0.2, 0.25) is 5.91 Å². The minimum absolute atomic E-state index is 0.0708. The molecule has 0 aliphatic rings. The summed E-state index contributed by atoms with van der Waals surface area (Å²) >= 11 is 5.05. The van der Waals surface area contributed by atoms with Crippen molar-refractivity contribution in [3.8, 4) is 5.75 Å². The van der Waals surface area contributed by atoms with Crippen molar-refractivity contribution in [2.24, 2.45) is 0 Å². The van der Waals surface area contributed by atoms with Gasteiger partial charge in [0.15, 0.2) is 11.7 Å². The van der Waals surface area contributed by atoms with E-state index in [0.29, 0.717) is 23.5 Å². The molecule has 0 aliphatic carbocycles. The van der Waals surface area contributed by atoms with Crippen molar-refractivity contribution in [2.75, 3.05) is 17.2 Å². The van der Waals surface area contributed by atoms with Crippen molar-refractivity contribution in [3.05, 3.63) is 54.1 Å². The first-order chi connectivity index (χ1) is 13.0. The van der Waals surface area contributed by atoms with Crippen LogP contribution in [0.25, 0.3) is 0 Å². The summed E-state index contributed by atoms with van der Waals surface area (Å²) in [6, 6.07) is 14.6. The highest BCUT2D eigenvalue weighted by atomic mass is 32.1. The second-order valence-electron chi connectivity index (χ2n) is 5.77. The van der Waals surface area contributed by atoms with E-state index in [2.05, 4.69) is 22.9 Å². The minimum Gasteiger partial charge on any atom is -0.484 e. The number of ether oxygens (including phenoxy) is 1. The zero-order chi connectivity index (χ0) is 19.6. The third-order valence-electron chi connectivity index (χ3n) is 3.70. The highest BCUT2D eigenvalue weighted by molar-refractivity contribution is 7.80. The maximum Gasteiger partial charge on any atom is 0.262 e. The first-order valence-corrected chi connectivity index (χ1v) is 9.13. The standard InChI is InChI=1S/C20H23N3O3S/c1-3-14-5-11-17(12-6-14)26-13-19(25)21-15-7-9-16(10-8-15)22-20(27)23-18(24)4-2/h5-12H,3-4,13H2,1-2H3,(H,21,25)(H2,22,23,24,27). The number of thiocarbonyl (C=S) groups is 1. The van der Waals surface area contributed by atoms with Crippen molar-refractivity contribution in [1.82, 2.24) is 5.32 Å². The Bertz CT molecular complexity index is 789. The van der Waals surface area contributed by atoms with Crippen molar-refractivity contribution in [3.63, 3.8) is 0 Å². The van der Waals surface area contributed by atoms with E-state index in [1.807, 2.05) is 24.3 Å². The van der Waals surface area contributed by atoms with Crippen molar-refractivity contribution in [2.45, 2.75) is 26.7 Å². The molecule has 3 N–H and O–H groups in total. The fourth-order valence-electron chi connectivity index (χ4n) is 2.18. The summed E-state index contributed by atoms with van der Waals surface area (Å²) in [5.74, 6) is 0.256. The van der Waals surface area contributed by atoms with Gasteiger partial charge in [-0.1, -0.05) is 26.0 Å². The summed E-state index contributed by atoms with van der Waals surface area (Å²) in [5, 5.41) is 8.46. The molecule has 142 valence electrons. The summed E-state index contributed by atoms with van der Waals surface area (Å²) in [5.41, 5.74) is 2.56. The predicted molar refractivity (Wildman–Crippen MR) is 111 cm³/mol. The molecule has 0 heterocycles. The van der Waals surface area contributed by atoms with E-state index in [0.717, 1.165) is 6.42 Å². The average Bonchev–Trinajstić information content (AvgIpc) is 2.68. The summed E-state index contributed by atoms with van der Waals surface area (Å²) in [4.78, 5) is 23.3. The summed E-state index contributed by atoms with van der Waals surface area (Å²) in [7, 11) is 0. The number of amides is 2. The molecule has 0 radical (unpaired) electrons. The van der Waals surface area contributed by atoms with Gasteiger partial charge < -0.3 is 20.7 Å². The Morgan fingerprint density at radius 2 is 1.48 bits per heavy atom. The topological polar surface area (TPSA) is 79.5 Å². The SMILES string of the molecule is CCC(=O)NC(=S)Nc1ccc(NC(=O)COc2ccc(CC)cc2)cc1. The van der Waals surface area contributed by atoms with Gasteiger partial charge in [-0.15, -0.1) is 0 Å². The molecule has 0 unspecified atom stereocenters. The van der Waals surface area contributed by atoms with Crippen LogP contribution in [-0.4, -0.2) is 23.5 Å². The first kappa shape index (κ1) is 20.4. The van der Waals surface area contributed by atoms with Gasteiger partial charge >= 0.3 is 0 Å². The molecular weight excluding hydrogens is 362 g/mol. The van der Waals surface area contributed by atoms with E-state index < -0.39 is 0 Å². The minimum atomic E-state index is -0.249. The van der Waals surface area contributed by atoms with Gasteiger partial charge in [-0.3, -0.25) is 9.59 Å². The van der Waals surface area contributed by atoms with Gasteiger partial charge in [-0.05, 0) is 60.6 Å². The van der Waals surface area contributed by atoms with Gasteiger partial charge in [-0.2, -0.15) is 0 Å². The molecule has 0 atom stereocenters. The largest absolute Gasteiger partial charge is 0.484 e. The van der Waals surface area contributed by atoms with E-state index in [4.69, 9.17) is 17.0 Å². The van der Waals surface area contributed by atoms with Gasteiger partial charge in [0.05, 0.1) is 0 Å². The molecule has 0 fully saturated rings. The number of hydrogen-bond donors (Lipinski definition) is 3. The lowest BCUT2D eigenvalue weighted by molar-refractivity contribution is -0.119. The Morgan fingerprint density at radius 3 is 2.04 bits per heavy atom. The quantitative estimate of drug-likeness (QED) is 0.636. The monoisotopic (exact) mass is 385 g/mol. The second kappa shape index (κ2) is 10.3. The van der Waals surface area contributed by atoms with Crippen LogP contribution in [-0.2, 0) is 16.0 Å². The van der Waals surface area contributed by atoms with Crippen LogP contribution < -0.4 is 20.7 Å². The lowest BCUT2D eigenvalue weighted by atomic mass is 10.2. The van der Waals surface area contributed by atoms with Crippen molar-refractivity contribution < 1.29 is 14.3 Å². The molecule has 0 saturated heterocycles. The maximum absolute atomic E-state index is 12.0. The molecule has 7 heteroatoms. The number of nitrogens with one attached hydrogen (secondary N) is 3. The van der Waals surface area contributed by atoms with Gasteiger partial charge in [0.1, 0.15) is 5.75 Å². The molecule has 2 aromatic rings. The average molecular weight is 385 g/mol. The van der Waals surface area contributed by atoms with Crippen LogP contribution in [0.15, 0.2) is 48.5 Å². The number of anilines is 2.